The second kappa shape index (κ2) is 2.77. The average Bonchev–Trinajstić information content (AvgIpc) is 1.76. The molecule has 12 heavy (non-hydrogen) atoms. The predicted molar refractivity (Wildman–Crippen MR) is 44.4 cm³/mol. The summed E-state index contributed by atoms with van der Waals surface area (Å²) in [5.41, 5.74) is -0.225. The molecule has 0 bridgehead atoms. The van der Waals surface area contributed by atoms with Crippen LogP contribution in [0.5, 0.6) is 0 Å². The zero-order valence-electron chi connectivity index (χ0n) is 7.60. The molecule has 1 saturated heterocycles. The van der Waals surface area contributed by atoms with E-state index in [0.717, 1.165) is 0 Å². The van der Waals surface area contributed by atoms with Crippen molar-refractivity contribution in [3.8, 4) is 0 Å². The van der Waals surface area contributed by atoms with E-state index in [2.05, 4.69) is 10.6 Å². The van der Waals surface area contributed by atoms with E-state index in [-0.39, 0.29) is 23.4 Å². The number of carbonyl (C=O) groups is 2. The van der Waals surface area contributed by atoms with Gasteiger partial charge in [-0.3, -0.25) is 9.59 Å². The lowest BCUT2D eigenvalue weighted by Crippen LogP contribution is -2.59. The minimum absolute atomic E-state index is 0.0518. The lowest BCUT2D eigenvalue weighted by Gasteiger charge is -2.29. The predicted octanol–water partition coefficient (Wildman–Crippen LogP) is -0.210. The molecule has 4 heteroatoms. The van der Waals surface area contributed by atoms with Gasteiger partial charge in [-0.2, -0.15) is 0 Å². The fourth-order valence-electron chi connectivity index (χ4n) is 0.974. The van der Waals surface area contributed by atoms with Crippen molar-refractivity contribution < 1.29 is 9.59 Å². The first-order valence-corrected chi connectivity index (χ1v) is 4.00. The van der Waals surface area contributed by atoms with Gasteiger partial charge in [0.2, 0.25) is 11.8 Å². The summed E-state index contributed by atoms with van der Waals surface area (Å²) in [7, 11) is 0. The summed E-state index contributed by atoms with van der Waals surface area (Å²) < 4.78 is 0. The highest BCUT2D eigenvalue weighted by Crippen LogP contribution is 2.06. The maximum absolute atomic E-state index is 11.3. The fourth-order valence-corrected chi connectivity index (χ4v) is 0.974. The summed E-state index contributed by atoms with van der Waals surface area (Å²) >= 11 is 0. The molecule has 4 nitrogen and oxygen atoms in total. The Balaban J connectivity index is 2.35. The average molecular weight is 170 g/mol. The highest BCUT2D eigenvalue weighted by molar-refractivity contribution is 5.97. The van der Waals surface area contributed by atoms with Gasteiger partial charge in [-0.15, -0.1) is 0 Å². The Morgan fingerprint density at radius 1 is 1.58 bits per heavy atom. The van der Waals surface area contributed by atoms with Crippen LogP contribution in [0.1, 0.15) is 27.2 Å². The Labute approximate surface area is 71.7 Å². The van der Waals surface area contributed by atoms with Crippen LogP contribution in [0.3, 0.4) is 0 Å². The normalized spacial score (nSPS) is 22.6. The van der Waals surface area contributed by atoms with Crippen LogP contribution in [-0.4, -0.2) is 23.4 Å². The van der Waals surface area contributed by atoms with Crippen molar-refractivity contribution in [3.05, 3.63) is 0 Å². The van der Waals surface area contributed by atoms with Crippen LogP contribution in [0.25, 0.3) is 0 Å². The molecule has 1 fully saturated rings. The van der Waals surface area contributed by atoms with E-state index in [1.165, 1.54) is 0 Å². The number of hydrogen-bond donors (Lipinski definition) is 2. The van der Waals surface area contributed by atoms with Crippen molar-refractivity contribution in [2.24, 2.45) is 0 Å². The molecule has 1 atom stereocenters. The van der Waals surface area contributed by atoms with Crippen LogP contribution < -0.4 is 10.6 Å². The van der Waals surface area contributed by atoms with E-state index in [4.69, 9.17) is 0 Å². The molecule has 2 N–H and O–H groups in total. The number of rotatable bonds is 1. The molecule has 0 aromatic rings. The van der Waals surface area contributed by atoms with Crippen molar-refractivity contribution in [2.75, 3.05) is 0 Å². The Kier molecular flexibility index (Phi) is 2.08. The first kappa shape index (κ1) is 9.03. The van der Waals surface area contributed by atoms with Crippen molar-refractivity contribution in [1.29, 1.82) is 0 Å². The summed E-state index contributed by atoms with van der Waals surface area (Å²) in [6, 6.07) is -0.309. The molecule has 0 saturated carbocycles. The van der Waals surface area contributed by atoms with E-state index in [1.54, 1.807) is 0 Å². The third-order valence-corrected chi connectivity index (χ3v) is 1.54. The third kappa shape index (κ3) is 2.22. The van der Waals surface area contributed by atoms with E-state index < -0.39 is 0 Å². The van der Waals surface area contributed by atoms with Crippen LogP contribution in [0.4, 0.5) is 0 Å². The van der Waals surface area contributed by atoms with Crippen LogP contribution in [0, 0.1) is 0 Å². The van der Waals surface area contributed by atoms with Gasteiger partial charge in [-0.25, -0.2) is 0 Å². The van der Waals surface area contributed by atoms with E-state index >= 15 is 0 Å². The molecule has 0 spiro atoms. The second-order valence-electron chi connectivity index (χ2n) is 4.06. The molecule has 1 aliphatic heterocycles. The molecular formula is C8H14N2O2. The lowest BCUT2D eigenvalue weighted by molar-refractivity contribution is -0.137. The van der Waals surface area contributed by atoms with E-state index in [1.807, 2.05) is 20.8 Å². The molecule has 1 heterocycles. The van der Waals surface area contributed by atoms with Crippen molar-refractivity contribution in [3.63, 3.8) is 0 Å². The molecule has 1 unspecified atom stereocenters. The van der Waals surface area contributed by atoms with Gasteiger partial charge in [0.1, 0.15) is 6.04 Å². The van der Waals surface area contributed by atoms with Gasteiger partial charge < -0.3 is 10.6 Å². The summed E-state index contributed by atoms with van der Waals surface area (Å²) in [4.78, 5) is 21.7. The standard InChI is InChI=1S/C8H14N2O2/c1-8(2,3)10-7(12)5-4-6(11)9-5/h5H,4H2,1-3H3,(H,9,11)(H,10,12). The van der Waals surface area contributed by atoms with Crippen molar-refractivity contribution >= 4 is 11.8 Å². The van der Waals surface area contributed by atoms with Crippen LogP contribution in [-0.2, 0) is 9.59 Å². The molecule has 1 aliphatic rings. The van der Waals surface area contributed by atoms with E-state index in [0.29, 0.717) is 6.42 Å². The zero-order valence-corrected chi connectivity index (χ0v) is 7.60. The molecule has 0 aromatic carbocycles. The topological polar surface area (TPSA) is 58.2 Å². The number of amides is 2. The number of β-lactam (4-membered cyclic amide) rings is 1. The molecule has 1 rings (SSSR count). The van der Waals surface area contributed by atoms with Gasteiger partial charge in [-0.05, 0) is 20.8 Å². The van der Waals surface area contributed by atoms with Crippen molar-refractivity contribution in [2.45, 2.75) is 38.8 Å². The van der Waals surface area contributed by atoms with Crippen LogP contribution >= 0.6 is 0 Å². The second-order valence-corrected chi connectivity index (χ2v) is 4.06. The molecule has 0 aromatic heterocycles. The zero-order chi connectivity index (χ0) is 9.35. The summed E-state index contributed by atoms with van der Waals surface area (Å²) in [6.45, 7) is 5.72. The lowest BCUT2D eigenvalue weighted by atomic mass is 10.0. The van der Waals surface area contributed by atoms with E-state index in [9.17, 15) is 9.59 Å². The number of hydrogen-bond acceptors (Lipinski definition) is 2. The van der Waals surface area contributed by atoms with Crippen molar-refractivity contribution in [1.82, 2.24) is 10.6 Å². The molecule has 2 amide bonds. The van der Waals surface area contributed by atoms with Gasteiger partial charge in [0.05, 0.1) is 6.42 Å². The quantitative estimate of drug-likeness (QED) is 0.535. The third-order valence-electron chi connectivity index (χ3n) is 1.54. The Hall–Kier alpha value is -1.06. The monoisotopic (exact) mass is 170 g/mol. The molecule has 0 aliphatic carbocycles. The molecule has 0 radical (unpaired) electrons. The highest BCUT2D eigenvalue weighted by Gasteiger charge is 2.33. The SMILES string of the molecule is CC(C)(C)NC(=O)C1CC(=O)N1. The summed E-state index contributed by atoms with van der Waals surface area (Å²) in [5.74, 6) is -0.147. The minimum atomic E-state index is -0.309. The van der Waals surface area contributed by atoms with Gasteiger partial charge >= 0.3 is 0 Å². The number of nitrogens with one attached hydrogen (secondary N) is 2. The molecule has 68 valence electrons. The number of carbonyl (C=O) groups excluding carboxylic acids is 2. The largest absolute Gasteiger partial charge is 0.350 e. The van der Waals surface area contributed by atoms with Gasteiger partial charge in [0.25, 0.3) is 0 Å². The highest BCUT2D eigenvalue weighted by atomic mass is 16.2. The van der Waals surface area contributed by atoms with Gasteiger partial charge in [-0.1, -0.05) is 0 Å². The summed E-state index contributed by atoms with van der Waals surface area (Å²) in [6.07, 6.45) is 0.321. The van der Waals surface area contributed by atoms with Crippen LogP contribution in [0.15, 0.2) is 0 Å². The minimum Gasteiger partial charge on any atom is -0.350 e. The first-order chi connectivity index (χ1) is 5.38. The van der Waals surface area contributed by atoms with Gasteiger partial charge in [0, 0.05) is 5.54 Å². The maximum atomic E-state index is 11.3. The maximum Gasteiger partial charge on any atom is 0.243 e. The smallest absolute Gasteiger partial charge is 0.243 e. The Bertz CT molecular complexity index is 210. The van der Waals surface area contributed by atoms with Gasteiger partial charge in [0.15, 0.2) is 0 Å². The summed E-state index contributed by atoms with van der Waals surface area (Å²) in [5, 5.41) is 5.30. The Morgan fingerprint density at radius 3 is 2.42 bits per heavy atom. The fraction of sp³-hybridized carbons (Fsp3) is 0.750. The Morgan fingerprint density at radius 2 is 2.08 bits per heavy atom. The van der Waals surface area contributed by atoms with Crippen LogP contribution in [0.2, 0.25) is 0 Å². The first-order valence-electron chi connectivity index (χ1n) is 4.00. The molecular weight excluding hydrogens is 156 g/mol.